The van der Waals surface area contributed by atoms with Crippen molar-refractivity contribution in [1.82, 2.24) is 9.80 Å². The zero-order chi connectivity index (χ0) is 27.8. The maximum absolute atomic E-state index is 12.6. The van der Waals surface area contributed by atoms with E-state index >= 15 is 0 Å². The molecule has 0 aromatic rings. The van der Waals surface area contributed by atoms with Crippen molar-refractivity contribution in [3.63, 3.8) is 0 Å². The lowest BCUT2D eigenvalue weighted by molar-refractivity contribution is -0.141. The van der Waals surface area contributed by atoms with E-state index in [9.17, 15) is 19.2 Å². The first kappa shape index (κ1) is 33.7. The molecule has 0 radical (unpaired) electrons. The summed E-state index contributed by atoms with van der Waals surface area (Å²) in [7, 11) is 2.71. The molecule has 0 aromatic heterocycles. The van der Waals surface area contributed by atoms with Crippen LogP contribution >= 0.6 is 0 Å². The minimum atomic E-state index is -0.271. The van der Waals surface area contributed by atoms with Crippen molar-refractivity contribution in [3.8, 4) is 0 Å². The van der Waals surface area contributed by atoms with Crippen LogP contribution in [0.1, 0.15) is 51.4 Å². The molecule has 12 nitrogen and oxygen atoms in total. The van der Waals surface area contributed by atoms with Crippen LogP contribution in [0.3, 0.4) is 0 Å². The number of carbonyl (C=O) groups excluding carboxylic acids is 4. The molecule has 0 aromatic carbocycles. The van der Waals surface area contributed by atoms with Crippen LogP contribution in [0.25, 0.3) is 0 Å². The molecule has 1 saturated heterocycles. The zero-order valence-corrected chi connectivity index (χ0v) is 23.1. The fourth-order valence-electron chi connectivity index (χ4n) is 3.68. The number of nitrogens with zero attached hydrogens (tertiary/aromatic N) is 2. The van der Waals surface area contributed by atoms with Gasteiger partial charge in [-0.05, 0) is 25.7 Å². The molecule has 0 N–H and O–H groups in total. The Balaban J connectivity index is 2.43. The van der Waals surface area contributed by atoms with E-state index in [1.165, 1.54) is 14.2 Å². The second kappa shape index (κ2) is 22.7. The maximum atomic E-state index is 12.6. The molecule has 0 unspecified atom stereocenters. The Hall–Kier alpha value is -2.28. The number of rotatable bonds is 10. The smallest absolute Gasteiger partial charge is 0.305 e. The van der Waals surface area contributed by atoms with Gasteiger partial charge in [0, 0.05) is 51.9 Å². The standard InChI is InChI=1S/C26H46N2O10/c1-33-25(31)9-5-3-7-23(29)27-11-15-35-19-21-37-17-13-28(14-18-38-22-20-36-16-12-27)24(30)8-4-6-10-26(32)34-2/h3-22H2,1-2H3. The van der Waals surface area contributed by atoms with Crippen LogP contribution in [0, 0.1) is 0 Å². The number of hydrogen-bond acceptors (Lipinski definition) is 10. The van der Waals surface area contributed by atoms with E-state index < -0.39 is 0 Å². The molecule has 0 saturated carbocycles. The Morgan fingerprint density at radius 2 is 0.789 bits per heavy atom. The van der Waals surface area contributed by atoms with Crippen LogP contribution in [0.5, 0.6) is 0 Å². The predicted molar refractivity (Wildman–Crippen MR) is 137 cm³/mol. The highest BCUT2D eigenvalue weighted by atomic mass is 16.5. The molecule has 0 spiro atoms. The van der Waals surface area contributed by atoms with Crippen LogP contribution in [0.2, 0.25) is 0 Å². The van der Waals surface area contributed by atoms with Crippen molar-refractivity contribution in [3.05, 3.63) is 0 Å². The van der Waals surface area contributed by atoms with Crippen LogP contribution in [0.4, 0.5) is 0 Å². The van der Waals surface area contributed by atoms with Crippen LogP contribution in [-0.2, 0) is 47.6 Å². The lowest BCUT2D eigenvalue weighted by Crippen LogP contribution is -2.38. The molecule has 1 aliphatic rings. The number of hydrogen-bond donors (Lipinski definition) is 0. The molecular formula is C26H46N2O10. The Morgan fingerprint density at radius 1 is 0.500 bits per heavy atom. The third kappa shape index (κ3) is 17.3. The topological polar surface area (TPSA) is 130 Å². The largest absolute Gasteiger partial charge is 0.469 e. The molecule has 220 valence electrons. The van der Waals surface area contributed by atoms with E-state index in [0.29, 0.717) is 130 Å². The van der Waals surface area contributed by atoms with Crippen molar-refractivity contribution in [2.75, 3.05) is 93.3 Å². The molecule has 12 heteroatoms. The first-order valence-electron chi connectivity index (χ1n) is 13.5. The molecular weight excluding hydrogens is 500 g/mol. The summed E-state index contributed by atoms with van der Waals surface area (Å²) in [4.78, 5) is 51.2. The number of unbranched alkanes of at least 4 members (excludes halogenated alkanes) is 2. The van der Waals surface area contributed by atoms with Crippen LogP contribution < -0.4 is 0 Å². The van der Waals surface area contributed by atoms with E-state index in [1.54, 1.807) is 9.80 Å². The SMILES string of the molecule is COC(=O)CCCCC(=O)N1CCOCCOCCN(C(=O)CCCCC(=O)OC)CCOCCOCC1. The lowest BCUT2D eigenvalue weighted by Gasteiger charge is -2.24. The Kier molecular flexibility index (Phi) is 20.1. The molecule has 1 fully saturated rings. The number of esters is 2. The predicted octanol–water partition coefficient (Wildman–Crippen LogP) is 1.19. The lowest BCUT2D eigenvalue weighted by atomic mass is 10.2. The molecule has 38 heavy (non-hydrogen) atoms. The maximum Gasteiger partial charge on any atom is 0.305 e. The number of ether oxygens (including phenoxy) is 6. The van der Waals surface area contributed by atoms with Gasteiger partial charge >= 0.3 is 11.9 Å². The van der Waals surface area contributed by atoms with Crippen molar-refractivity contribution < 1.29 is 47.6 Å². The number of methoxy groups -OCH3 is 2. The summed E-state index contributed by atoms with van der Waals surface area (Å²) in [6, 6.07) is 0. The van der Waals surface area contributed by atoms with Gasteiger partial charge in [-0.25, -0.2) is 0 Å². The summed E-state index contributed by atoms with van der Waals surface area (Å²) in [5.41, 5.74) is 0. The third-order valence-electron chi connectivity index (χ3n) is 5.97. The first-order valence-corrected chi connectivity index (χ1v) is 13.5. The molecule has 2 amide bonds. The summed E-state index contributed by atoms with van der Waals surface area (Å²) >= 11 is 0. The summed E-state index contributed by atoms with van der Waals surface area (Å²) in [5, 5.41) is 0. The van der Waals surface area contributed by atoms with Crippen LogP contribution in [0.15, 0.2) is 0 Å². The van der Waals surface area contributed by atoms with Crippen molar-refractivity contribution >= 4 is 23.8 Å². The van der Waals surface area contributed by atoms with Gasteiger partial charge in [-0.15, -0.1) is 0 Å². The average Bonchev–Trinajstić information content (AvgIpc) is 2.92. The van der Waals surface area contributed by atoms with Gasteiger partial charge in [-0.1, -0.05) is 0 Å². The van der Waals surface area contributed by atoms with Crippen LogP contribution in [-0.4, -0.2) is 127 Å². The summed E-state index contributed by atoms with van der Waals surface area (Å²) < 4.78 is 31.8. The zero-order valence-electron chi connectivity index (χ0n) is 23.1. The highest BCUT2D eigenvalue weighted by molar-refractivity contribution is 5.76. The fourth-order valence-corrected chi connectivity index (χ4v) is 3.68. The van der Waals surface area contributed by atoms with Gasteiger partial charge in [0.15, 0.2) is 0 Å². The Morgan fingerprint density at radius 3 is 1.08 bits per heavy atom. The molecule has 0 bridgehead atoms. The third-order valence-corrected chi connectivity index (χ3v) is 5.97. The summed E-state index contributed by atoms with van der Waals surface area (Å²) in [6.07, 6.45) is 3.74. The second-order valence-electron chi connectivity index (χ2n) is 8.78. The van der Waals surface area contributed by atoms with Gasteiger partial charge in [-0.2, -0.15) is 0 Å². The average molecular weight is 547 g/mol. The van der Waals surface area contributed by atoms with Gasteiger partial charge in [0.25, 0.3) is 0 Å². The monoisotopic (exact) mass is 546 g/mol. The van der Waals surface area contributed by atoms with Crippen molar-refractivity contribution in [2.24, 2.45) is 0 Å². The van der Waals surface area contributed by atoms with E-state index in [0.717, 1.165) is 0 Å². The highest BCUT2D eigenvalue weighted by Gasteiger charge is 2.15. The van der Waals surface area contributed by atoms with Gasteiger partial charge in [-0.3, -0.25) is 19.2 Å². The van der Waals surface area contributed by atoms with Crippen molar-refractivity contribution in [1.29, 1.82) is 0 Å². The quantitative estimate of drug-likeness (QED) is 0.291. The van der Waals surface area contributed by atoms with Gasteiger partial charge < -0.3 is 38.2 Å². The minimum absolute atomic E-state index is 0.000903. The first-order chi connectivity index (χ1) is 18.5. The summed E-state index contributed by atoms with van der Waals surface area (Å²) in [6.45, 7) is 4.75. The number of amides is 2. The van der Waals surface area contributed by atoms with E-state index in [1.807, 2.05) is 0 Å². The van der Waals surface area contributed by atoms with Gasteiger partial charge in [0.2, 0.25) is 11.8 Å². The molecule has 1 heterocycles. The normalized spacial score (nSPS) is 17.2. The van der Waals surface area contributed by atoms with Gasteiger partial charge in [0.1, 0.15) is 0 Å². The number of carbonyl (C=O) groups is 4. The fraction of sp³-hybridized carbons (Fsp3) is 0.846. The van der Waals surface area contributed by atoms with E-state index in [4.69, 9.17) is 18.9 Å². The highest BCUT2D eigenvalue weighted by Crippen LogP contribution is 2.06. The van der Waals surface area contributed by atoms with E-state index in [-0.39, 0.29) is 23.8 Å². The summed E-state index contributed by atoms with van der Waals surface area (Å²) in [5.74, 6) is -0.544. The molecule has 1 rings (SSSR count). The molecule has 0 atom stereocenters. The Labute approximate surface area is 226 Å². The van der Waals surface area contributed by atoms with E-state index in [2.05, 4.69) is 9.47 Å². The minimum Gasteiger partial charge on any atom is -0.469 e. The van der Waals surface area contributed by atoms with Gasteiger partial charge in [0.05, 0.1) is 67.1 Å². The molecule has 1 aliphatic heterocycles. The second-order valence-corrected chi connectivity index (χ2v) is 8.78. The molecule has 0 aliphatic carbocycles. The van der Waals surface area contributed by atoms with Crippen molar-refractivity contribution in [2.45, 2.75) is 51.4 Å². The Bertz CT molecular complexity index is 600.